The minimum Gasteiger partial charge on any atom is -0.368 e. The summed E-state index contributed by atoms with van der Waals surface area (Å²) in [4.78, 5) is 23.2. The molecule has 21 heavy (non-hydrogen) atoms. The monoisotopic (exact) mass is 287 g/mol. The Hall–Kier alpha value is -2.39. The predicted molar refractivity (Wildman–Crippen MR) is 76.1 cm³/mol. The number of benzene rings is 1. The van der Waals surface area contributed by atoms with Gasteiger partial charge in [-0.15, -0.1) is 0 Å². The smallest absolute Gasteiger partial charge is 0.249 e. The summed E-state index contributed by atoms with van der Waals surface area (Å²) in [5.41, 5.74) is 1.48. The summed E-state index contributed by atoms with van der Waals surface area (Å²) < 4.78 is 5.31. The number of ether oxygens (including phenoxy) is 1. The maximum absolute atomic E-state index is 11.8. The number of hydrogen-bond acceptors (Lipinski definition) is 4. The van der Waals surface area contributed by atoms with Crippen molar-refractivity contribution in [3.8, 4) is 6.07 Å². The lowest BCUT2D eigenvalue weighted by molar-refractivity contribution is -0.130. The maximum atomic E-state index is 11.8. The third-order valence-electron chi connectivity index (χ3n) is 3.14. The highest BCUT2D eigenvalue weighted by Gasteiger charge is 2.22. The van der Waals surface area contributed by atoms with Crippen LogP contribution in [0.15, 0.2) is 24.3 Å². The average Bonchev–Trinajstić information content (AvgIpc) is 2.99. The van der Waals surface area contributed by atoms with Gasteiger partial charge in [-0.3, -0.25) is 9.59 Å². The Morgan fingerprint density at radius 3 is 3.00 bits per heavy atom. The van der Waals surface area contributed by atoms with E-state index >= 15 is 0 Å². The van der Waals surface area contributed by atoms with Crippen molar-refractivity contribution in [2.45, 2.75) is 31.9 Å². The Labute approximate surface area is 123 Å². The number of nitrogens with one attached hydrogen (secondary N) is 2. The molecule has 1 fully saturated rings. The van der Waals surface area contributed by atoms with E-state index in [0.29, 0.717) is 18.8 Å². The Morgan fingerprint density at radius 1 is 1.43 bits per heavy atom. The first-order valence-corrected chi connectivity index (χ1v) is 6.84. The van der Waals surface area contributed by atoms with Crippen LogP contribution in [0.2, 0.25) is 0 Å². The number of hydrogen-bond donors (Lipinski definition) is 2. The fourth-order valence-corrected chi connectivity index (χ4v) is 2.12. The highest BCUT2D eigenvalue weighted by atomic mass is 16.5. The van der Waals surface area contributed by atoms with E-state index in [-0.39, 0.29) is 24.3 Å². The van der Waals surface area contributed by atoms with E-state index in [2.05, 4.69) is 10.6 Å². The molecule has 2 rings (SSSR count). The predicted octanol–water partition coefficient (Wildman–Crippen LogP) is 1.33. The van der Waals surface area contributed by atoms with Crippen LogP contribution in [-0.2, 0) is 20.9 Å². The van der Waals surface area contributed by atoms with Crippen LogP contribution < -0.4 is 10.6 Å². The molecule has 1 aromatic rings. The second-order valence-electron chi connectivity index (χ2n) is 4.80. The fourth-order valence-electron chi connectivity index (χ4n) is 2.12. The molecule has 2 amide bonds. The van der Waals surface area contributed by atoms with Crippen LogP contribution in [0.1, 0.15) is 24.8 Å². The molecule has 2 N–H and O–H groups in total. The van der Waals surface area contributed by atoms with E-state index < -0.39 is 0 Å². The zero-order valence-electron chi connectivity index (χ0n) is 11.6. The summed E-state index contributed by atoms with van der Waals surface area (Å²) in [6.45, 7) is 1.01. The minimum absolute atomic E-state index is 0.105. The third kappa shape index (κ3) is 4.58. The maximum Gasteiger partial charge on any atom is 0.249 e. The van der Waals surface area contributed by atoms with Crippen molar-refractivity contribution in [3.05, 3.63) is 29.8 Å². The number of amides is 2. The molecule has 0 radical (unpaired) electrons. The van der Waals surface area contributed by atoms with Crippen LogP contribution in [0.5, 0.6) is 0 Å². The molecule has 1 aliphatic heterocycles. The molecule has 0 bridgehead atoms. The van der Waals surface area contributed by atoms with Gasteiger partial charge in [-0.1, -0.05) is 12.1 Å². The number of rotatable bonds is 5. The Kier molecular flexibility index (Phi) is 5.29. The molecule has 1 aliphatic rings. The summed E-state index contributed by atoms with van der Waals surface area (Å²) in [7, 11) is 0. The van der Waals surface area contributed by atoms with Crippen molar-refractivity contribution >= 4 is 17.5 Å². The van der Waals surface area contributed by atoms with Crippen molar-refractivity contribution in [2.75, 3.05) is 11.9 Å². The van der Waals surface area contributed by atoms with E-state index in [1.54, 1.807) is 24.3 Å². The minimum atomic E-state index is -0.349. The lowest BCUT2D eigenvalue weighted by Crippen LogP contribution is -2.33. The van der Waals surface area contributed by atoms with Gasteiger partial charge < -0.3 is 15.4 Å². The lowest BCUT2D eigenvalue weighted by atomic mass is 10.2. The number of nitrogens with zero attached hydrogens (tertiary/aromatic N) is 1. The zero-order valence-corrected chi connectivity index (χ0v) is 11.6. The molecule has 1 unspecified atom stereocenters. The van der Waals surface area contributed by atoms with Gasteiger partial charge in [-0.2, -0.15) is 5.26 Å². The van der Waals surface area contributed by atoms with Gasteiger partial charge in [0.2, 0.25) is 11.8 Å². The molecule has 1 aromatic carbocycles. The SMILES string of the molecule is N#CCC(=O)Nc1cccc(CNC(=O)C2CCCO2)c1. The van der Waals surface area contributed by atoms with Crippen LogP contribution in [-0.4, -0.2) is 24.5 Å². The normalized spacial score (nSPS) is 17.0. The van der Waals surface area contributed by atoms with Gasteiger partial charge in [0.05, 0.1) is 6.07 Å². The summed E-state index contributed by atoms with van der Waals surface area (Å²) in [6.07, 6.45) is 1.15. The summed E-state index contributed by atoms with van der Waals surface area (Å²) in [6, 6.07) is 8.94. The molecule has 0 saturated carbocycles. The van der Waals surface area contributed by atoms with E-state index in [1.165, 1.54) is 0 Å². The highest BCUT2D eigenvalue weighted by molar-refractivity contribution is 5.92. The van der Waals surface area contributed by atoms with Crippen LogP contribution in [0, 0.1) is 11.3 Å². The summed E-state index contributed by atoms with van der Waals surface area (Å²) in [5, 5.41) is 13.9. The van der Waals surface area contributed by atoms with Gasteiger partial charge in [0, 0.05) is 18.8 Å². The zero-order chi connectivity index (χ0) is 15.1. The first-order valence-electron chi connectivity index (χ1n) is 6.84. The van der Waals surface area contributed by atoms with Crippen molar-refractivity contribution in [1.29, 1.82) is 5.26 Å². The number of nitriles is 1. The van der Waals surface area contributed by atoms with Gasteiger partial charge >= 0.3 is 0 Å². The lowest BCUT2D eigenvalue weighted by Gasteiger charge is -2.11. The largest absolute Gasteiger partial charge is 0.368 e. The first-order chi connectivity index (χ1) is 10.2. The quantitative estimate of drug-likeness (QED) is 0.854. The molecule has 110 valence electrons. The average molecular weight is 287 g/mol. The van der Waals surface area contributed by atoms with Gasteiger partial charge in [0.1, 0.15) is 12.5 Å². The van der Waals surface area contributed by atoms with Gasteiger partial charge in [0.25, 0.3) is 0 Å². The second kappa shape index (κ2) is 7.41. The molecular weight excluding hydrogens is 270 g/mol. The Morgan fingerprint density at radius 2 is 2.29 bits per heavy atom. The van der Waals surface area contributed by atoms with Crippen molar-refractivity contribution in [3.63, 3.8) is 0 Å². The van der Waals surface area contributed by atoms with Gasteiger partial charge in [-0.05, 0) is 30.5 Å². The molecule has 0 aliphatic carbocycles. The van der Waals surface area contributed by atoms with Gasteiger partial charge in [0.15, 0.2) is 0 Å². The Balaban J connectivity index is 1.87. The molecule has 1 heterocycles. The van der Waals surface area contributed by atoms with Crippen molar-refractivity contribution in [2.24, 2.45) is 0 Å². The second-order valence-corrected chi connectivity index (χ2v) is 4.80. The van der Waals surface area contributed by atoms with E-state index in [0.717, 1.165) is 18.4 Å². The molecule has 6 nitrogen and oxygen atoms in total. The highest BCUT2D eigenvalue weighted by Crippen LogP contribution is 2.13. The molecular formula is C15H17N3O3. The van der Waals surface area contributed by atoms with Crippen LogP contribution in [0.25, 0.3) is 0 Å². The van der Waals surface area contributed by atoms with E-state index in [1.807, 2.05) is 6.07 Å². The summed E-state index contributed by atoms with van der Waals surface area (Å²) >= 11 is 0. The molecule has 1 saturated heterocycles. The van der Waals surface area contributed by atoms with Crippen LogP contribution in [0.4, 0.5) is 5.69 Å². The van der Waals surface area contributed by atoms with Crippen LogP contribution in [0.3, 0.4) is 0 Å². The Bertz CT molecular complexity index is 560. The summed E-state index contributed by atoms with van der Waals surface area (Å²) in [5.74, 6) is -0.454. The standard InChI is InChI=1S/C15H17N3O3/c16-7-6-14(19)18-12-4-1-3-11(9-12)10-17-15(20)13-5-2-8-21-13/h1,3-4,9,13H,2,5-6,8,10H2,(H,17,20)(H,18,19). The van der Waals surface area contributed by atoms with Crippen molar-refractivity contribution in [1.82, 2.24) is 5.32 Å². The first kappa shape index (κ1) is 15.0. The topological polar surface area (TPSA) is 91.2 Å². The molecule has 6 heteroatoms. The fraction of sp³-hybridized carbons (Fsp3) is 0.400. The van der Waals surface area contributed by atoms with E-state index in [4.69, 9.17) is 10.00 Å². The van der Waals surface area contributed by atoms with Crippen molar-refractivity contribution < 1.29 is 14.3 Å². The third-order valence-corrected chi connectivity index (χ3v) is 3.14. The number of carbonyl (C=O) groups excluding carboxylic acids is 2. The molecule has 0 spiro atoms. The van der Waals surface area contributed by atoms with E-state index in [9.17, 15) is 9.59 Å². The van der Waals surface area contributed by atoms with Crippen LogP contribution >= 0.6 is 0 Å². The van der Waals surface area contributed by atoms with Gasteiger partial charge in [-0.25, -0.2) is 0 Å². The number of carbonyl (C=O) groups is 2. The molecule has 1 atom stereocenters. The number of anilines is 1. The molecule has 0 aromatic heterocycles.